The molecule has 2 rings (SSSR count). The van der Waals surface area contributed by atoms with Crippen molar-refractivity contribution in [2.24, 2.45) is 5.92 Å². The van der Waals surface area contributed by atoms with Gasteiger partial charge in [0.05, 0.1) is 6.61 Å². The van der Waals surface area contributed by atoms with Gasteiger partial charge in [0.15, 0.2) is 0 Å². The average Bonchev–Trinajstić information content (AvgIpc) is 2.54. The molecular formula is C18H24N4O2. The zero-order valence-corrected chi connectivity index (χ0v) is 14.6. The first-order valence-electron chi connectivity index (χ1n) is 8.14. The van der Waals surface area contributed by atoms with Crippen molar-refractivity contribution in [3.05, 3.63) is 36.2 Å². The molecule has 1 aromatic carbocycles. The van der Waals surface area contributed by atoms with E-state index >= 15 is 0 Å². The van der Waals surface area contributed by atoms with E-state index in [0.717, 1.165) is 17.8 Å². The molecule has 0 unspecified atom stereocenters. The molecule has 0 spiro atoms. The minimum Gasteiger partial charge on any atom is -0.478 e. The fourth-order valence-electron chi connectivity index (χ4n) is 1.96. The molecule has 0 bridgehead atoms. The lowest BCUT2D eigenvalue weighted by Gasteiger charge is -2.11. The Balaban J connectivity index is 2.05. The van der Waals surface area contributed by atoms with Crippen molar-refractivity contribution in [1.82, 2.24) is 9.97 Å². The Bertz CT molecular complexity index is 684. The van der Waals surface area contributed by atoms with Crippen LogP contribution in [-0.2, 0) is 4.79 Å². The summed E-state index contributed by atoms with van der Waals surface area (Å²) in [6, 6.07) is 9.26. The van der Waals surface area contributed by atoms with Crippen LogP contribution in [0, 0.1) is 12.8 Å². The predicted molar refractivity (Wildman–Crippen MR) is 95.7 cm³/mol. The molecule has 0 saturated carbocycles. The molecule has 0 aliphatic heterocycles. The second-order valence-electron chi connectivity index (χ2n) is 5.83. The Morgan fingerprint density at radius 3 is 2.46 bits per heavy atom. The van der Waals surface area contributed by atoms with Crippen LogP contribution in [-0.4, -0.2) is 22.5 Å². The number of nitrogens with one attached hydrogen (secondary N) is 2. The van der Waals surface area contributed by atoms with Crippen LogP contribution in [0.5, 0.6) is 5.88 Å². The number of hydrogen-bond acceptors (Lipinski definition) is 5. The average molecular weight is 328 g/mol. The number of carbonyl (C=O) groups excluding carboxylic acids is 1. The summed E-state index contributed by atoms with van der Waals surface area (Å²) in [4.78, 5) is 20.3. The van der Waals surface area contributed by atoms with Crippen LogP contribution >= 0.6 is 0 Å². The zero-order valence-electron chi connectivity index (χ0n) is 14.6. The van der Waals surface area contributed by atoms with Gasteiger partial charge in [-0.2, -0.15) is 4.98 Å². The van der Waals surface area contributed by atoms with Gasteiger partial charge in [0.2, 0.25) is 11.8 Å². The number of benzene rings is 1. The van der Waals surface area contributed by atoms with Crippen molar-refractivity contribution in [2.75, 3.05) is 17.2 Å². The first-order valence-corrected chi connectivity index (χ1v) is 8.14. The van der Waals surface area contributed by atoms with Crippen LogP contribution in [0.4, 0.5) is 17.2 Å². The minimum atomic E-state index is -0.0478. The maximum Gasteiger partial charge on any atom is 0.226 e. The number of rotatable bonds is 7. The summed E-state index contributed by atoms with van der Waals surface area (Å²) in [6.07, 6.45) is 0.926. The van der Waals surface area contributed by atoms with E-state index in [2.05, 4.69) is 20.6 Å². The summed E-state index contributed by atoms with van der Waals surface area (Å²) in [5, 5.41) is 6.08. The van der Waals surface area contributed by atoms with Gasteiger partial charge >= 0.3 is 0 Å². The minimum absolute atomic E-state index is 0.000140. The Hall–Kier alpha value is -2.63. The number of ether oxygens (including phenoxy) is 1. The van der Waals surface area contributed by atoms with Gasteiger partial charge in [-0.1, -0.05) is 20.8 Å². The van der Waals surface area contributed by atoms with Gasteiger partial charge in [-0.3, -0.25) is 4.79 Å². The smallest absolute Gasteiger partial charge is 0.226 e. The quantitative estimate of drug-likeness (QED) is 0.806. The van der Waals surface area contributed by atoms with Gasteiger partial charge < -0.3 is 15.4 Å². The van der Waals surface area contributed by atoms with Crippen LogP contribution in [0.25, 0.3) is 0 Å². The lowest BCUT2D eigenvalue weighted by molar-refractivity contribution is -0.118. The number of nitrogens with zero attached hydrogens (tertiary/aromatic N) is 2. The van der Waals surface area contributed by atoms with Crippen LogP contribution in [0.2, 0.25) is 0 Å². The normalized spacial score (nSPS) is 10.5. The highest BCUT2D eigenvalue weighted by Gasteiger charge is 2.07. The van der Waals surface area contributed by atoms with Crippen LogP contribution in [0.15, 0.2) is 30.3 Å². The third kappa shape index (κ3) is 5.22. The molecule has 0 aliphatic carbocycles. The monoisotopic (exact) mass is 328 g/mol. The second-order valence-corrected chi connectivity index (χ2v) is 5.83. The molecule has 1 aromatic heterocycles. The predicted octanol–water partition coefficient (Wildman–Crippen LogP) is 3.91. The van der Waals surface area contributed by atoms with Crippen molar-refractivity contribution < 1.29 is 9.53 Å². The van der Waals surface area contributed by atoms with E-state index in [0.29, 0.717) is 24.1 Å². The van der Waals surface area contributed by atoms with Crippen LogP contribution in [0.3, 0.4) is 0 Å². The van der Waals surface area contributed by atoms with Crippen molar-refractivity contribution in [2.45, 2.75) is 34.1 Å². The molecular weight excluding hydrogens is 304 g/mol. The molecule has 0 fully saturated rings. The highest BCUT2D eigenvalue weighted by atomic mass is 16.5. The molecule has 0 aliphatic rings. The summed E-state index contributed by atoms with van der Waals surface area (Å²) < 4.78 is 5.56. The largest absolute Gasteiger partial charge is 0.478 e. The number of aryl methyl sites for hydroxylation is 1. The van der Waals surface area contributed by atoms with Crippen molar-refractivity contribution in [3.8, 4) is 5.88 Å². The molecule has 24 heavy (non-hydrogen) atoms. The highest BCUT2D eigenvalue weighted by molar-refractivity contribution is 5.92. The van der Waals surface area contributed by atoms with Gasteiger partial charge in [0, 0.05) is 23.4 Å². The van der Waals surface area contributed by atoms with Crippen molar-refractivity contribution in [1.29, 1.82) is 0 Å². The van der Waals surface area contributed by atoms with Gasteiger partial charge in [-0.15, -0.1) is 0 Å². The third-order valence-corrected chi connectivity index (χ3v) is 3.22. The fraction of sp³-hybridized carbons (Fsp3) is 0.389. The van der Waals surface area contributed by atoms with E-state index in [1.165, 1.54) is 0 Å². The summed E-state index contributed by atoms with van der Waals surface area (Å²) in [6.45, 7) is 8.23. The number of aromatic nitrogens is 2. The highest BCUT2D eigenvalue weighted by Crippen LogP contribution is 2.20. The number of hydrogen-bond donors (Lipinski definition) is 2. The zero-order chi connectivity index (χ0) is 17.5. The first-order chi connectivity index (χ1) is 11.5. The number of anilines is 3. The summed E-state index contributed by atoms with van der Waals surface area (Å²) in [7, 11) is 0. The number of carbonyl (C=O) groups is 1. The fourth-order valence-corrected chi connectivity index (χ4v) is 1.96. The van der Waals surface area contributed by atoms with E-state index in [1.807, 2.05) is 52.0 Å². The van der Waals surface area contributed by atoms with Crippen molar-refractivity contribution >= 4 is 23.1 Å². The molecule has 2 aromatic rings. The SMILES string of the molecule is CCCOc1cc(Nc2ccc(NC(=O)C(C)C)cc2)nc(C)n1. The lowest BCUT2D eigenvalue weighted by atomic mass is 10.2. The summed E-state index contributed by atoms with van der Waals surface area (Å²) in [5.74, 6) is 1.83. The van der Waals surface area contributed by atoms with Crippen molar-refractivity contribution in [3.63, 3.8) is 0 Å². The van der Waals surface area contributed by atoms with Gasteiger partial charge in [-0.05, 0) is 37.6 Å². The van der Waals surface area contributed by atoms with Gasteiger partial charge in [0.25, 0.3) is 0 Å². The maximum absolute atomic E-state index is 11.7. The third-order valence-electron chi connectivity index (χ3n) is 3.22. The molecule has 0 atom stereocenters. The molecule has 0 saturated heterocycles. The summed E-state index contributed by atoms with van der Waals surface area (Å²) >= 11 is 0. The number of amides is 1. The van der Waals surface area contributed by atoms with E-state index in [-0.39, 0.29) is 11.8 Å². The van der Waals surface area contributed by atoms with Gasteiger partial charge in [0.1, 0.15) is 11.6 Å². The lowest BCUT2D eigenvalue weighted by Crippen LogP contribution is -2.17. The Labute approximate surface area is 142 Å². The Kier molecular flexibility index (Phi) is 6.12. The molecule has 0 radical (unpaired) electrons. The van der Waals surface area contributed by atoms with E-state index in [1.54, 1.807) is 6.07 Å². The molecule has 6 nitrogen and oxygen atoms in total. The maximum atomic E-state index is 11.7. The topological polar surface area (TPSA) is 76.1 Å². The van der Waals surface area contributed by atoms with E-state index in [4.69, 9.17) is 4.74 Å². The second kappa shape index (κ2) is 8.29. The summed E-state index contributed by atoms with van der Waals surface area (Å²) in [5.41, 5.74) is 1.64. The van der Waals surface area contributed by atoms with Crippen LogP contribution in [0.1, 0.15) is 33.0 Å². The Morgan fingerprint density at radius 1 is 1.17 bits per heavy atom. The Morgan fingerprint density at radius 2 is 1.83 bits per heavy atom. The molecule has 1 amide bonds. The molecule has 6 heteroatoms. The first kappa shape index (κ1) is 17.7. The van der Waals surface area contributed by atoms with Crippen LogP contribution < -0.4 is 15.4 Å². The molecule has 2 N–H and O–H groups in total. The molecule has 128 valence electrons. The van der Waals surface area contributed by atoms with Gasteiger partial charge in [-0.25, -0.2) is 4.98 Å². The van der Waals surface area contributed by atoms with E-state index in [9.17, 15) is 4.79 Å². The van der Waals surface area contributed by atoms with E-state index < -0.39 is 0 Å². The standard InChI is InChI=1S/C18H24N4O2/c1-5-10-24-17-11-16(19-13(4)20-17)21-14-6-8-15(9-7-14)22-18(23)12(2)3/h6-9,11-12H,5,10H2,1-4H3,(H,22,23)(H,19,20,21). The molecule has 1 heterocycles.